The summed E-state index contributed by atoms with van der Waals surface area (Å²) < 4.78 is 8.26. The predicted molar refractivity (Wildman–Crippen MR) is 141 cm³/mol. The zero-order valence-electron chi connectivity index (χ0n) is 20.6. The number of pyridine rings is 1. The Morgan fingerprint density at radius 3 is 2.54 bits per heavy atom. The van der Waals surface area contributed by atoms with Crippen LogP contribution in [0.15, 0.2) is 47.4 Å². The van der Waals surface area contributed by atoms with Crippen LogP contribution in [-0.4, -0.2) is 42.1 Å². The number of carbonyl (C=O) groups excluding carboxylic acids is 1. The molecule has 35 heavy (non-hydrogen) atoms. The highest BCUT2D eigenvalue weighted by molar-refractivity contribution is 6.05. The second kappa shape index (κ2) is 8.74. The van der Waals surface area contributed by atoms with Gasteiger partial charge in [-0.25, -0.2) is 0 Å². The minimum absolute atomic E-state index is 0.0672. The molecule has 180 valence electrons. The van der Waals surface area contributed by atoms with Gasteiger partial charge in [0.1, 0.15) is 11.1 Å². The van der Waals surface area contributed by atoms with E-state index in [2.05, 4.69) is 17.1 Å². The molecule has 0 aliphatic carbocycles. The summed E-state index contributed by atoms with van der Waals surface area (Å²) in [7, 11) is 2.01. The van der Waals surface area contributed by atoms with Crippen LogP contribution in [0.1, 0.15) is 34.8 Å². The number of nitrogens with zero attached hydrogens (tertiary/aromatic N) is 2. The van der Waals surface area contributed by atoms with Crippen LogP contribution >= 0.6 is 0 Å². The Morgan fingerprint density at radius 2 is 1.83 bits per heavy atom. The van der Waals surface area contributed by atoms with E-state index in [1.807, 2.05) is 61.9 Å². The number of likely N-dealkylation sites (N-methyl/N-ethyl adjacent to an activating group) is 1. The summed E-state index contributed by atoms with van der Waals surface area (Å²) in [6, 6.07) is 12.0. The Labute approximate surface area is 204 Å². The van der Waals surface area contributed by atoms with Crippen LogP contribution in [0.25, 0.3) is 27.4 Å². The van der Waals surface area contributed by atoms with E-state index in [9.17, 15) is 9.59 Å². The maximum absolute atomic E-state index is 13.6. The van der Waals surface area contributed by atoms with Crippen molar-refractivity contribution >= 4 is 33.3 Å². The van der Waals surface area contributed by atoms with E-state index in [0.717, 1.165) is 40.6 Å². The number of rotatable bonds is 6. The smallest absolute Gasteiger partial charge is 0.256 e. The second-order valence-corrected chi connectivity index (χ2v) is 9.29. The average Bonchev–Trinajstić information content (AvgIpc) is 2.84. The number of carbonyl (C=O) groups is 1. The van der Waals surface area contributed by atoms with Gasteiger partial charge in [0.05, 0.1) is 11.1 Å². The molecular formula is C28H30N4O3. The molecule has 0 saturated heterocycles. The lowest BCUT2D eigenvalue weighted by molar-refractivity contribution is 0.0948. The maximum Gasteiger partial charge on any atom is 0.256 e. The first kappa shape index (κ1) is 22.9. The lowest BCUT2D eigenvalue weighted by Gasteiger charge is -2.27. The Bertz CT molecular complexity index is 1550. The lowest BCUT2D eigenvalue weighted by atomic mass is 9.98. The van der Waals surface area contributed by atoms with E-state index in [1.165, 1.54) is 0 Å². The Hall–Kier alpha value is -3.84. The van der Waals surface area contributed by atoms with Gasteiger partial charge >= 0.3 is 0 Å². The fourth-order valence-corrected chi connectivity index (χ4v) is 4.84. The maximum atomic E-state index is 13.6. The molecule has 1 amide bonds. The molecule has 0 fully saturated rings. The van der Waals surface area contributed by atoms with E-state index in [0.29, 0.717) is 41.2 Å². The highest BCUT2D eigenvalue weighted by Crippen LogP contribution is 2.45. The fourth-order valence-electron chi connectivity index (χ4n) is 4.84. The van der Waals surface area contributed by atoms with Gasteiger partial charge in [0.25, 0.3) is 5.91 Å². The quantitative estimate of drug-likeness (QED) is 0.356. The lowest BCUT2D eigenvalue weighted by Crippen LogP contribution is -2.36. The number of aromatic nitrogens is 1. The van der Waals surface area contributed by atoms with Gasteiger partial charge in [-0.3, -0.25) is 9.59 Å². The third-order valence-electron chi connectivity index (χ3n) is 6.93. The summed E-state index contributed by atoms with van der Waals surface area (Å²) in [5, 5.41) is 5.31. The van der Waals surface area contributed by atoms with Crippen molar-refractivity contribution in [2.45, 2.75) is 27.2 Å². The molecule has 7 nitrogen and oxygen atoms in total. The van der Waals surface area contributed by atoms with Crippen molar-refractivity contribution in [3.05, 3.63) is 69.5 Å². The number of amides is 1. The summed E-state index contributed by atoms with van der Waals surface area (Å²) in [5.74, 6) is 0.860. The van der Waals surface area contributed by atoms with Crippen LogP contribution in [0.4, 0.5) is 5.69 Å². The summed E-state index contributed by atoms with van der Waals surface area (Å²) in [6.07, 6.45) is 2.67. The molecule has 3 aromatic carbocycles. The van der Waals surface area contributed by atoms with Crippen molar-refractivity contribution in [2.75, 3.05) is 32.4 Å². The summed E-state index contributed by atoms with van der Waals surface area (Å²) in [5.41, 5.74) is 9.55. The highest BCUT2D eigenvalue weighted by atomic mass is 16.5. The number of nitrogen functional groups attached to an aromatic ring is 1. The molecule has 3 N–H and O–H groups in total. The van der Waals surface area contributed by atoms with Crippen LogP contribution in [-0.2, 0) is 0 Å². The van der Waals surface area contributed by atoms with Crippen LogP contribution in [0.2, 0.25) is 0 Å². The van der Waals surface area contributed by atoms with E-state index in [-0.39, 0.29) is 11.0 Å². The minimum atomic E-state index is -0.404. The van der Waals surface area contributed by atoms with Gasteiger partial charge in [0, 0.05) is 25.0 Å². The molecule has 0 spiro atoms. The van der Waals surface area contributed by atoms with Crippen molar-refractivity contribution in [2.24, 2.45) is 0 Å². The number of nitrogens with two attached hydrogens (primary N) is 1. The number of ether oxygens (including phenoxy) is 1. The molecule has 1 aliphatic heterocycles. The summed E-state index contributed by atoms with van der Waals surface area (Å²) >= 11 is 0. The zero-order chi connectivity index (χ0) is 24.9. The van der Waals surface area contributed by atoms with Crippen LogP contribution in [0.3, 0.4) is 0 Å². The highest BCUT2D eigenvalue weighted by Gasteiger charge is 2.28. The van der Waals surface area contributed by atoms with Gasteiger partial charge in [-0.2, -0.15) is 0 Å². The zero-order valence-corrected chi connectivity index (χ0v) is 20.6. The molecule has 0 radical (unpaired) electrons. The third-order valence-corrected chi connectivity index (χ3v) is 6.93. The average molecular weight is 471 g/mol. The van der Waals surface area contributed by atoms with Crippen molar-refractivity contribution in [3.8, 4) is 17.2 Å². The van der Waals surface area contributed by atoms with Gasteiger partial charge in [-0.1, -0.05) is 31.2 Å². The first-order chi connectivity index (χ1) is 16.8. The largest absolute Gasteiger partial charge is 0.453 e. The number of hydrogen-bond acceptors (Lipinski definition) is 5. The molecule has 4 aromatic rings. The molecule has 0 atom stereocenters. The van der Waals surface area contributed by atoms with Crippen LogP contribution in [0, 0.1) is 13.8 Å². The number of nitrogens with one attached hydrogen (secondary N) is 1. The number of benzene rings is 3. The predicted octanol–water partition coefficient (Wildman–Crippen LogP) is 4.52. The first-order valence-corrected chi connectivity index (χ1v) is 12.0. The normalized spacial score (nSPS) is 12.1. The number of anilines is 1. The fraction of sp³-hybridized carbons (Fsp3) is 0.286. The van der Waals surface area contributed by atoms with Crippen molar-refractivity contribution in [1.82, 2.24) is 14.8 Å². The monoisotopic (exact) mass is 470 g/mol. The van der Waals surface area contributed by atoms with Crippen LogP contribution < -0.4 is 21.2 Å². The molecular weight excluding hydrogens is 440 g/mol. The molecule has 0 unspecified atom stereocenters. The molecule has 0 saturated carbocycles. The SMILES string of the molecule is CCCN(C)CCNC(=O)c1cn2c3c(c(C)c(C)c(N)c3c1=O)Oc1cc3ccccc3cc1-2. The molecule has 7 heteroatoms. The van der Waals surface area contributed by atoms with Gasteiger partial charge in [0.2, 0.25) is 5.43 Å². The molecule has 1 aromatic heterocycles. The summed E-state index contributed by atoms with van der Waals surface area (Å²) in [6.45, 7) is 8.03. The van der Waals surface area contributed by atoms with Gasteiger partial charge in [-0.15, -0.1) is 0 Å². The van der Waals surface area contributed by atoms with Crippen LogP contribution in [0.5, 0.6) is 11.5 Å². The van der Waals surface area contributed by atoms with Crippen molar-refractivity contribution in [3.63, 3.8) is 0 Å². The molecule has 2 heterocycles. The first-order valence-electron chi connectivity index (χ1n) is 12.0. The molecule has 5 rings (SSSR count). The Morgan fingerprint density at radius 1 is 1.11 bits per heavy atom. The summed E-state index contributed by atoms with van der Waals surface area (Å²) in [4.78, 5) is 28.9. The van der Waals surface area contributed by atoms with E-state index < -0.39 is 5.91 Å². The number of hydrogen-bond donors (Lipinski definition) is 2. The standard InChI is InChI=1S/C28H30N4O3/c1-5-11-31(4)12-10-30-28(34)20-15-32-21-13-18-8-6-7-9-19(18)14-22(21)35-27-17(3)16(2)24(29)23(25(27)32)26(20)33/h6-9,13-15H,5,10-12,29H2,1-4H3,(H,30,34). The second-order valence-electron chi connectivity index (χ2n) is 9.29. The number of fused-ring (bicyclic) bond motifs is 3. The van der Waals surface area contributed by atoms with E-state index >= 15 is 0 Å². The van der Waals surface area contributed by atoms with Gasteiger partial charge in [0.15, 0.2) is 11.5 Å². The molecule has 1 aliphatic rings. The Kier molecular flexibility index (Phi) is 5.73. The van der Waals surface area contributed by atoms with Gasteiger partial charge in [-0.05, 0) is 67.9 Å². The van der Waals surface area contributed by atoms with Gasteiger partial charge < -0.3 is 25.3 Å². The van der Waals surface area contributed by atoms with Crippen molar-refractivity contribution in [1.29, 1.82) is 0 Å². The van der Waals surface area contributed by atoms with E-state index in [1.54, 1.807) is 6.20 Å². The third kappa shape index (κ3) is 3.72. The minimum Gasteiger partial charge on any atom is -0.453 e. The van der Waals surface area contributed by atoms with Crippen molar-refractivity contribution < 1.29 is 9.53 Å². The Balaban J connectivity index is 1.71. The van der Waals surface area contributed by atoms with E-state index in [4.69, 9.17) is 10.5 Å². The molecule has 0 bridgehead atoms. The topological polar surface area (TPSA) is 89.6 Å².